The summed E-state index contributed by atoms with van der Waals surface area (Å²) in [6.45, 7) is 3.79. The zero-order valence-corrected chi connectivity index (χ0v) is 21.2. The summed E-state index contributed by atoms with van der Waals surface area (Å²) in [5.74, 6) is -5.25. The highest BCUT2D eigenvalue weighted by Crippen LogP contribution is 2.33. The number of nitrogens with one attached hydrogen (secondary N) is 1. The van der Waals surface area contributed by atoms with E-state index in [-0.39, 0.29) is 17.7 Å². The van der Waals surface area contributed by atoms with Crippen LogP contribution in [-0.2, 0) is 28.5 Å². The molecule has 38 heavy (non-hydrogen) atoms. The molecule has 5 rings (SSSR count). The second-order valence-corrected chi connectivity index (χ2v) is 9.44. The molecule has 0 saturated carbocycles. The van der Waals surface area contributed by atoms with Crippen molar-refractivity contribution in [3.8, 4) is 0 Å². The third kappa shape index (κ3) is 4.94. The third-order valence-corrected chi connectivity index (χ3v) is 6.88. The Morgan fingerprint density at radius 3 is 2.58 bits per heavy atom. The lowest BCUT2D eigenvalue weighted by molar-refractivity contribution is -0.127. The fourth-order valence-electron chi connectivity index (χ4n) is 4.69. The average molecular weight is 515 g/mol. The van der Waals surface area contributed by atoms with Gasteiger partial charge in [-0.3, -0.25) is 9.59 Å². The molecular formula is C30H28F2N4O2. The van der Waals surface area contributed by atoms with Crippen molar-refractivity contribution in [2.75, 3.05) is 10.3 Å². The molecule has 1 atom stereocenters. The summed E-state index contributed by atoms with van der Waals surface area (Å²) in [6.07, 6.45) is 2.53. The van der Waals surface area contributed by atoms with Crippen LogP contribution in [0.2, 0.25) is 0 Å². The highest BCUT2D eigenvalue weighted by atomic mass is 19.3. The number of aryl methyl sites for hydroxylation is 2. The Kier molecular flexibility index (Phi) is 6.80. The Balaban J connectivity index is 1.33. The van der Waals surface area contributed by atoms with Gasteiger partial charge in [0.2, 0.25) is 5.91 Å². The van der Waals surface area contributed by atoms with Crippen LogP contribution in [0.25, 0.3) is 10.9 Å². The van der Waals surface area contributed by atoms with Crippen molar-refractivity contribution in [2.24, 2.45) is 11.0 Å². The molecule has 0 bridgehead atoms. The standard InChI is InChI=1S/C30H28F2N4O2/c1-3-30(31,32)23-10-7-11-24(18-23)33-28(37)27-20(2)34-36(29(27)38)25-13-12-22-15-17-35(26(22)19-25)16-14-21-8-5-4-6-9-21/h4-13,15,17-19,27H,3,14,16H2,1-2H3,(H,33,37). The Labute approximate surface area is 219 Å². The van der Waals surface area contributed by atoms with E-state index in [1.54, 1.807) is 13.0 Å². The number of nitrogens with zero attached hydrogens (tertiary/aromatic N) is 3. The Morgan fingerprint density at radius 2 is 1.82 bits per heavy atom. The molecule has 1 unspecified atom stereocenters. The van der Waals surface area contributed by atoms with Crippen LogP contribution < -0.4 is 10.3 Å². The van der Waals surface area contributed by atoms with E-state index >= 15 is 0 Å². The largest absolute Gasteiger partial charge is 0.347 e. The van der Waals surface area contributed by atoms with Crippen molar-refractivity contribution in [1.82, 2.24) is 4.57 Å². The third-order valence-electron chi connectivity index (χ3n) is 6.88. The van der Waals surface area contributed by atoms with E-state index in [9.17, 15) is 18.4 Å². The maximum absolute atomic E-state index is 14.1. The molecule has 0 fully saturated rings. The van der Waals surface area contributed by atoms with Crippen LogP contribution in [-0.4, -0.2) is 22.1 Å². The highest BCUT2D eigenvalue weighted by molar-refractivity contribution is 6.28. The first-order chi connectivity index (χ1) is 18.3. The molecule has 0 aliphatic carbocycles. The summed E-state index contributed by atoms with van der Waals surface area (Å²) in [6, 6.07) is 23.4. The van der Waals surface area contributed by atoms with E-state index in [0.717, 1.165) is 23.9 Å². The van der Waals surface area contributed by atoms with Crippen LogP contribution in [0.3, 0.4) is 0 Å². The molecule has 2 heterocycles. The molecule has 1 aliphatic rings. The monoisotopic (exact) mass is 514 g/mol. The molecule has 2 amide bonds. The average Bonchev–Trinajstić information content (AvgIpc) is 3.47. The van der Waals surface area contributed by atoms with E-state index in [2.05, 4.69) is 27.1 Å². The number of halogens is 2. The Bertz CT molecular complexity index is 1530. The fourth-order valence-corrected chi connectivity index (χ4v) is 4.69. The summed E-state index contributed by atoms with van der Waals surface area (Å²) in [5, 5.41) is 9.27. The molecule has 0 radical (unpaired) electrons. The van der Waals surface area contributed by atoms with Gasteiger partial charge in [0.25, 0.3) is 11.8 Å². The van der Waals surface area contributed by atoms with Gasteiger partial charge in [-0.2, -0.15) is 10.1 Å². The maximum atomic E-state index is 14.1. The van der Waals surface area contributed by atoms with Crippen molar-refractivity contribution >= 4 is 39.8 Å². The summed E-state index contributed by atoms with van der Waals surface area (Å²) in [5.41, 5.74) is 3.10. The van der Waals surface area contributed by atoms with Gasteiger partial charge in [-0.15, -0.1) is 0 Å². The number of hydrogen-bond donors (Lipinski definition) is 1. The molecule has 0 saturated heterocycles. The normalized spacial score (nSPS) is 15.7. The number of alkyl halides is 2. The predicted molar refractivity (Wildman–Crippen MR) is 145 cm³/mol. The van der Waals surface area contributed by atoms with Crippen LogP contribution in [0.5, 0.6) is 0 Å². The molecular weight excluding hydrogens is 486 g/mol. The molecule has 1 N–H and O–H groups in total. The van der Waals surface area contributed by atoms with Crippen LogP contribution in [0.4, 0.5) is 20.2 Å². The van der Waals surface area contributed by atoms with Gasteiger partial charge in [-0.05, 0) is 54.6 Å². The van der Waals surface area contributed by atoms with Gasteiger partial charge >= 0.3 is 0 Å². The van der Waals surface area contributed by atoms with Gasteiger partial charge in [0.15, 0.2) is 5.92 Å². The molecule has 0 spiro atoms. The molecule has 1 aromatic heterocycles. The number of hydrogen-bond acceptors (Lipinski definition) is 3. The first-order valence-corrected chi connectivity index (χ1v) is 12.6. The zero-order valence-electron chi connectivity index (χ0n) is 21.2. The molecule has 3 aromatic carbocycles. The lowest BCUT2D eigenvalue weighted by atomic mass is 10.0. The van der Waals surface area contributed by atoms with Gasteiger partial charge < -0.3 is 9.88 Å². The van der Waals surface area contributed by atoms with E-state index in [0.29, 0.717) is 11.4 Å². The summed E-state index contributed by atoms with van der Waals surface area (Å²) >= 11 is 0. The van der Waals surface area contributed by atoms with Crippen molar-refractivity contribution in [3.05, 3.63) is 96.2 Å². The van der Waals surface area contributed by atoms with E-state index in [4.69, 9.17) is 0 Å². The van der Waals surface area contributed by atoms with Gasteiger partial charge in [0, 0.05) is 30.4 Å². The molecule has 194 valence electrons. The second-order valence-electron chi connectivity index (χ2n) is 9.44. The number of amides is 2. The van der Waals surface area contributed by atoms with Crippen LogP contribution >= 0.6 is 0 Å². The number of anilines is 2. The smallest absolute Gasteiger partial charge is 0.273 e. The van der Waals surface area contributed by atoms with Gasteiger partial charge in [-0.25, -0.2) is 8.78 Å². The topological polar surface area (TPSA) is 66.7 Å². The van der Waals surface area contributed by atoms with E-state index in [1.807, 2.05) is 42.6 Å². The van der Waals surface area contributed by atoms with E-state index < -0.39 is 23.7 Å². The van der Waals surface area contributed by atoms with Gasteiger partial charge in [-0.1, -0.05) is 55.5 Å². The maximum Gasteiger partial charge on any atom is 0.273 e. The number of benzene rings is 3. The SMILES string of the molecule is CCC(F)(F)c1cccc(NC(=O)C2C(=O)N(c3ccc4ccn(CCc5ccccc5)c4c3)N=C2C)c1. The minimum absolute atomic E-state index is 0.189. The number of rotatable bonds is 8. The first kappa shape index (κ1) is 25.3. The summed E-state index contributed by atoms with van der Waals surface area (Å²) < 4.78 is 30.4. The number of hydrazone groups is 1. The van der Waals surface area contributed by atoms with Crippen LogP contribution in [0.1, 0.15) is 31.4 Å². The quantitative estimate of drug-likeness (QED) is 0.278. The number of carbonyl (C=O) groups excluding carboxylic acids is 2. The van der Waals surface area contributed by atoms with Crippen molar-refractivity contribution in [3.63, 3.8) is 0 Å². The molecule has 8 heteroatoms. The molecule has 4 aromatic rings. The molecule has 6 nitrogen and oxygen atoms in total. The van der Waals surface area contributed by atoms with Crippen LogP contribution in [0.15, 0.2) is 90.2 Å². The first-order valence-electron chi connectivity index (χ1n) is 12.6. The fraction of sp³-hybridized carbons (Fsp3) is 0.233. The predicted octanol–water partition coefficient (Wildman–Crippen LogP) is 6.36. The van der Waals surface area contributed by atoms with Crippen molar-refractivity contribution in [1.29, 1.82) is 0 Å². The molecule has 1 aliphatic heterocycles. The highest BCUT2D eigenvalue weighted by Gasteiger charge is 2.40. The summed E-state index contributed by atoms with van der Waals surface area (Å²) in [4.78, 5) is 26.4. The minimum Gasteiger partial charge on any atom is -0.347 e. The van der Waals surface area contributed by atoms with E-state index in [1.165, 1.54) is 41.8 Å². The van der Waals surface area contributed by atoms with Crippen molar-refractivity contribution < 1.29 is 18.4 Å². The van der Waals surface area contributed by atoms with Gasteiger partial charge in [0.05, 0.1) is 16.9 Å². The lowest BCUT2D eigenvalue weighted by Crippen LogP contribution is -2.36. The Hall–Kier alpha value is -4.33. The van der Waals surface area contributed by atoms with Crippen molar-refractivity contribution in [2.45, 2.75) is 39.2 Å². The Morgan fingerprint density at radius 1 is 1.03 bits per heavy atom. The number of aromatic nitrogens is 1. The van der Waals surface area contributed by atoms with Crippen LogP contribution in [0, 0.1) is 5.92 Å². The number of carbonyl (C=O) groups is 2. The van der Waals surface area contributed by atoms with Gasteiger partial charge in [0.1, 0.15) is 0 Å². The zero-order chi connectivity index (χ0) is 26.9. The summed E-state index contributed by atoms with van der Waals surface area (Å²) in [7, 11) is 0. The minimum atomic E-state index is -3.00. The second kappa shape index (κ2) is 10.2. The lowest BCUT2D eigenvalue weighted by Gasteiger charge is -2.17. The number of fused-ring (bicyclic) bond motifs is 1.